The molecule has 1 aliphatic carbocycles. The molecule has 0 saturated carbocycles. The van der Waals surface area contributed by atoms with Gasteiger partial charge in [0, 0.05) is 4.88 Å². The summed E-state index contributed by atoms with van der Waals surface area (Å²) >= 11 is 1.68. The van der Waals surface area contributed by atoms with Gasteiger partial charge in [-0.1, -0.05) is 12.8 Å². The minimum absolute atomic E-state index is 0.752. The summed E-state index contributed by atoms with van der Waals surface area (Å²) in [5.41, 5.74) is 6.94. The number of aromatic nitrogens is 1. The van der Waals surface area contributed by atoms with Gasteiger partial charge in [-0.25, -0.2) is 4.98 Å². The third-order valence-electron chi connectivity index (χ3n) is 2.36. The summed E-state index contributed by atoms with van der Waals surface area (Å²) in [6, 6.07) is 0. The molecule has 66 valence electrons. The summed E-state index contributed by atoms with van der Waals surface area (Å²) in [6.45, 7) is 0. The first-order chi connectivity index (χ1) is 5.86. The largest absolute Gasteiger partial charge is 0.375 e. The number of hydrogen-bond donors (Lipinski definition) is 1. The van der Waals surface area contributed by atoms with Crippen molar-refractivity contribution >= 4 is 16.5 Å². The summed E-state index contributed by atoms with van der Waals surface area (Å²) < 4.78 is 0. The second kappa shape index (κ2) is 3.44. The number of anilines is 1. The first-order valence-corrected chi connectivity index (χ1v) is 5.42. The van der Waals surface area contributed by atoms with Crippen LogP contribution in [0.1, 0.15) is 36.3 Å². The van der Waals surface area contributed by atoms with Crippen LogP contribution in [-0.4, -0.2) is 4.98 Å². The van der Waals surface area contributed by atoms with Gasteiger partial charge in [-0.2, -0.15) is 0 Å². The summed E-state index contributed by atoms with van der Waals surface area (Å²) in [5.74, 6) is 0. The van der Waals surface area contributed by atoms with E-state index in [0.29, 0.717) is 0 Å². The number of thiazole rings is 1. The molecule has 2 N–H and O–H groups in total. The molecule has 1 aromatic heterocycles. The summed E-state index contributed by atoms with van der Waals surface area (Å²) in [7, 11) is 0. The average molecular weight is 182 g/mol. The minimum atomic E-state index is 0.752. The third kappa shape index (κ3) is 1.61. The van der Waals surface area contributed by atoms with E-state index < -0.39 is 0 Å². The molecule has 0 fully saturated rings. The Kier molecular flexibility index (Phi) is 2.30. The lowest BCUT2D eigenvalue weighted by Crippen LogP contribution is -1.96. The molecule has 1 aliphatic rings. The highest BCUT2D eigenvalue weighted by atomic mass is 32.1. The van der Waals surface area contributed by atoms with Crippen LogP contribution in [0.5, 0.6) is 0 Å². The molecule has 0 bridgehead atoms. The molecule has 12 heavy (non-hydrogen) atoms. The molecule has 0 unspecified atom stereocenters. The molecule has 2 nitrogen and oxygen atoms in total. The number of rotatable bonds is 0. The van der Waals surface area contributed by atoms with Crippen LogP contribution in [0, 0.1) is 0 Å². The van der Waals surface area contributed by atoms with Gasteiger partial charge in [-0.3, -0.25) is 0 Å². The molecule has 0 amide bonds. The molecule has 0 aromatic carbocycles. The van der Waals surface area contributed by atoms with Crippen LogP contribution in [-0.2, 0) is 12.8 Å². The van der Waals surface area contributed by atoms with E-state index in [1.165, 1.54) is 42.7 Å². The number of nitrogen functional groups attached to an aromatic ring is 1. The van der Waals surface area contributed by atoms with Gasteiger partial charge in [0.25, 0.3) is 0 Å². The van der Waals surface area contributed by atoms with Crippen molar-refractivity contribution in [3.05, 3.63) is 10.6 Å². The van der Waals surface area contributed by atoms with Crippen LogP contribution in [0.3, 0.4) is 0 Å². The molecule has 3 heteroatoms. The zero-order valence-electron chi connectivity index (χ0n) is 7.18. The molecular weight excluding hydrogens is 168 g/mol. The molecule has 0 radical (unpaired) electrons. The van der Waals surface area contributed by atoms with E-state index in [1.807, 2.05) is 0 Å². The third-order valence-corrected chi connectivity index (χ3v) is 3.35. The first kappa shape index (κ1) is 8.05. The van der Waals surface area contributed by atoms with Gasteiger partial charge >= 0.3 is 0 Å². The Morgan fingerprint density at radius 1 is 1.08 bits per heavy atom. The van der Waals surface area contributed by atoms with Gasteiger partial charge in [0.1, 0.15) is 0 Å². The predicted octanol–water partition coefficient (Wildman–Crippen LogP) is 2.38. The van der Waals surface area contributed by atoms with E-state index >= 15 is 0 Å². The van der Waals surface area contributed by atoms with Crippen LogP contribution in [0.2, 0.25) is 0 Å². The van der Waals surface area contributed by atoms with E-state index in [-0.39, 0.29) is 0 Å². The molecular formula is C9H14N2S. The van der Waals surface area contributed by atoms with E-state index in [4.69, 9.17) is 5.73 Å². The van der Waals surface area contributed by atoms with Crippen LogP contribution in [0.4, 0.5) is 5.13 Å². The standard InChI is InChI=1S/C9H14N2S/c10-9-11-7-5-3-1-2-4-6-8(7)12-9/h1-6H2,(H2,10,11). The van der Waals surface area contributed by atoms with E-state index in [0.717, 1.165) is 11.6 Å². The highest BCUT2D eigenvalue weighted by molar-refractivity contribution is 7.15. The van der Waals surface area contributed by atoms with Crippen LogP contribution < -0.4 is 5.73 Å². The lowest BCUT2D eigenvalue weighted by molar-refractivity contribution is 0.616. The fourth-order valence-electron chi connectivity index (χ4n) is 1.73. The fraction of sp³-hybridized carbons (Fsp3) is 0.667. The van der Waals surface area contributed by atoms with Crippen molar-refractivity contribution in [3.8, 4) is 0 Å². The van der Waals surface area contributed by atoms with Crippen LogP contribution in [0.15, 0.2) is 0 Å². The lowest BCUT2D eigenvalue weighted by Gasteiger charge is -2.06. The summed E-state index contributed by atoms with van der Waals surface area (Å²) in [5, 5.41) is 0.752. The number of nitrogens with zero attached hydrogens (tertiary/aromatic N) is 1. The van der Waals surface area contributed by atoms with Crippen molar-refractivity contribution in [2.75, 3.05) is 5.73 Å². The van der Waals surface area contributed by atoms with Gasteiger partial charge < -0.3 is 5.73 Å². The van der Waals surface area contributed by atoms with Crippen LogP contribution in [0.25, 0.3) is 0 Å². The van der Waals surface area contributed by atoms with Crippen molar-refractivity contribution in [2.24, 2.45) is 0 Å². The Labute approximate surface area is 76.8 Å². The average Bonchev–Trinajstić information content (AvgIpc) is 2.32. The predicted molar refractivity (Wildman–Crippen MR) is 52.4 cm³/mol. The van der Waals surface area contributed by atoms with E-state index in [9.17, 15) is 0 Å². The normalized spacial score (nSPS) is 18.0. The lowest BCUT2D eigenvalue weighted by atomic mass is 10.0. The monoisotopic (exact) mass is 182 g/mol. The SMILES string of the molecule is Nc1nc2c(s1)CCCCCC2. The van der Waals surface area contributed by atoms with Crippen molar-refractivity contribution in [1.29, 1.82) is 0 Å². The maximum atomic E-state index is 5.67. The first-order valence-electron chi connectivity index (χ1n) is 4.60. The van der Waals surface area contributed by atoms with Gasteiger partial charge in [0.05, 0.1) is 5.69 Å². The Morgan fingerprint density at radius 3 is 2.67 bits per heavy atom. The van der Waals surface area contributed by atoms with Crippen molar-refractivity contribution < 1.29 is 0 Å². The summed E-state index contributed by atoms with van der Waals surface area (Å²) in [6.07, 6.45) is 7.67. The van der Waals surface area contributed by atoms with Crippen molar-refractivity contribution in [1.82, 2.24) is 4.98 Å². The van der Waals surface area contributed by atoms with Gasteiger partial charge in [-0.15, -0.1) is 11.3 Å². The van der Waals surface area contributed by atoms with E-state index in [1.54, 1.807) is 11.3 Å². The fourth-order valence-corrected chi connectivity index (χ4v) is 2.65. The highest BCUT2D eigenvalue weighted by Gasteiger charge is 2.11. The Bertz CT molecular complexity index is 242. The zero-order valence-corrected chi connectivity index (χ0v) is 7.99. The second-order valence-corrected chi connectivity index (χ2v) is 4.45. The molecule has 0 atom stereocenters. The Morgan fingerprint density at radius 2 is 1.83 bits per heavy atom. The second-order valence-electron chi connectivity index (χ2n) is 3.34. The molecule has 0 spiro atoms. The minimum Gasteiger partial charge on any atom is -0.375 e. The van der Waals surface area contributed by atoms with Crippen molar-refractivity contribution in [3.63, 3.8) is 0 Å². The number of nitrogens with two attached hydrogens (primary N) is 1. The quantitative estimate of drug-likeness (QED) is 0.669. The smallest absolute Gasteiger partial charge is 0.180 e. The molecule has 0 saturated heterocycles. The number of fused-ring (bicyclic) bond motifs is 1. The maximum absolute atomic E-state index is 5.67. The molecule has 1 heterocycles. The van der Waals surface area contributed by atoms with Crippen molar-refractivity contribution in [2.45, 2.75) is 38.5 Å². The Hall–Kier alpha value is -0.570. The van der Waals surface area contributed by atoms with Gasteiger partial charge in [0.2, 0.25) is 0 Å². The molecule has 0 aliphatic heterocycles. The molecule has 1 aromatic rings. The van der Waals surface area contributed by atoms with Gasteiger partial charge in [-0.05, 0) is 25.7 Å². The maximum Gasteiger partial charge on any atom is 0.180 e. The van der Waals surface area contributed by atoms with E-state index in [2.05, 4.69) is 4.98 Å². The summed E-state index contributed by atoms with van der Waals surface area (Å²) in [4.78, 5) is 5.79. The topological polar surface area (TPSA) is 38.9 Å². The molecule has 2 rings (SSSR count). The van der Waals surface area contributed by atoms with Gasteiger partial charge in [0.15, 0.2) is 5.13 Å². The van der Waals surface area contributed by atoms with Crippen LogP contribution >= 0.6 is 11.3 Å². The number of hydrogen-bond acceptors (Lipinski definition) is 3. The highest BCUT2D eigenvalue weighted by Crippen LogP contribution is 2.26. The Balaban J connectivity index is 2.23. The zero-order chi connectivity index (χ0) is 8.39. The number of aryl methyl sites for hydroxylation is 2.